The summed E-state index contributed by atoms with van der Waals surface area (Å²) >= 11 is 0. The molecule has 9 nitrogen and oxygen atoms in total. The minimum Gasteiger partial charge on any atom is -0.494 e. The highest BCUT2D eigenvalue weighted by molar-refractivity contribution is 7.89. The van der Waals surface area contributed by atoms with Gasteiger partial charge in [0.2, 0.25) is 15.9 Å². The molecule has 1 aromatic heterocycles. The number of nitrogens with one attached hydrogen (secondary N) is 1. The minimum absolute atomic E-state index is 0.0446. The summed E-state index contributed by atoms with van der Waals surface area (Å²) in [4.78, 5) is 14.7. The average molecular weight is 463 g/mol. The third-order valence-corrected chi connectivity index (χ3v) is 7.17. The van der Waals surface area contributed by atoms with Gasteiger partial charge in [-0.15, -0.1) is 0 Å². The molecule has 1 N–H and O–H groups in total. The molecule has 0 radical (unpaired) electrons. The van der Waals surface area contributed by atoms with E-state index in [0.717, 1.165) is 5.75 Å². The Balaban J connectivity index is 1.74. The molecule has 1 aliphatic rings. The number of anilines is 1. The number of amides is 1. The lowest BCUT2D eigenvalue weighted by molar-refractivity contribution is -0.120. The number of carbonyl (C=O) groups is 1. The van der Waals surface area contributed by atoms with Gasteiger partial charge in [-0.05, 0) is 51.0 Å². The molecule has 3 rings (SSSR count). The normalized spacial score (nSPS) is 17.4. The van der Waals surface area contributed by atoms with Crippen LogP contribution in [0.5, 0.6) is 5.75 Å². The molecule has 174 valence electrons. The zero-order chi connectivity index (χ0) is 23.3. The van der Waals surface area contributed by atoms with Gasteiger partial charge >= 0.3 is 0 Å². The van der Waals surface area contributed by atoms with Crippen LogP contribution in [0.2, 0.25) is 0 Å². The maximum absolute atomic E-state index is 13.4. The van der Waals surface area contributed by atoms with Crippen LogP contribution in [0, 0.1) is 12.8 Å². The van der Waals surface area contributed by atoms with Gasteiger partial charge in [0.05, 0.1) is 12.5 Å². The lowest BCUT2D eigenvalue weighted by Gasteiger charge is -2.31. The Morgan fingerprint density at radius 2 is 2.06 bits per heavy atom. The van der Waals surface area contributed by atoms with Crippen molar-refractivity contribution in [2.75, 3.05) is 39.1 Å². The number of nitrogens with zero attached hydrogens (tertiary/aromatic N) is 3. The molecule has 0 spiro atoms. The third-order valence-electron chi connectivity index (χ3n) is 5.14. The van der Waals surface area contributed by atoms with Crippen LogP contribution in [0.4, 0.5) is 5.69 Å². The summed E-state index contributed by atoms with van der Waals surface area (Å²) in [6.45, 7) is 4.52. The zero-order valence-electron chi connectivity index (χ0n) is 18.9. The summed E-state index contributed by atoms with van der Waals surface area (Å²) in [5.41, 5.74) is 0.939. The fourth-order valence-corrected chi connectivity index (χ4v) is 5.34. The lowest BCUT2D eigenvalue weighted by Crippen LogP contribution is -2.43. The molecule has 0 aliphatic carbocycles. The number of hydrogen-bond acceptors (Lipinski definition) is 7. The van der Waals surface area contributed by atoms with Crippen molar-refractivity contribution < 1.29 is 22.5 Å². The van der Waals surface area contributed by atoms with E-state index in [-0.39, 0.29) is 23.1 Å². The van der Waals surface area contributed by atoms with E-state index in [1.165, 1.54) is 4.31 Å². The van der Waals surface area contributed by atoms with E-state index in [1.54, 1.807) is 48.4 Å². The standard InChI is InChI=1S/C22H30N4O5S/c1-5-30-19-10-8-18(9-11-19)23-22(27)17-7-6-13-26(15-17)32(28,29)21-16(2)24-31-20(21)12-14-25(3)4/h8-12,14,17H,5-7,13,15H2,1-4H3,(H,23,27)/b14-12+/t17-/m0/s1. The Kier molecular flexibility index (Phi) is 7.57. The molecule has 0 bridgehead atoms. The van der Waals surface area contributed by atoms with E-state index >= 15 is 0 Å². The van der Waals surface area contributed by atoms with Crippen molar-refractivity contribution >= 4 is 27.7 Å². The first-order valence-corrected chi connectivity index (χ1v) is 12.0. The molecule has 1 atom stereocenters. The second-order valence-corrected chi connectivity index (χ2v) is 9.76. The smallest absolute Gasteiger partial charge is 0.248 e. The second-order valence-electron chi connectivity index (χ2n) is 7.89. The summed E-state index contributed by atoms with van der Waals surface area (Å²) in [6, 6.07) is 7.11. The van der Waals surface area contributed by atoms with Gasteiger partial charge < -0.3 is 19.5 Å². The summed E-state index contributed by atoms with van der Waals surface area (Å²) in [5.74, 6) is 0.246. The van der Waals surface area contributed by atoms with Crippen molar-refractivity contribution in [3.8, 4) is 5.75 Å². The SMILES string of the molecule is CCOc1ccc(NC(=O)[C@H]2CCCN(S(=O)(=O)c3c(C)noc3/C=C/N(C)C)C2)cc1. The molecule has 2 aromatic rings. The highest BCUT2D eigenvalue weighted by atomic mass is 32.2. The Morgan fingerprint density at radius 3 is 2.72 bits per heavy atom. The molecule has 32 heavy (non-hydrogen) atoms. The van der Waals surface area contributed by atoms with Crippen molar-refractivity contribution in [1.82, 2.24) is 14.4 Å². The Hall–Kier alpha value is -2.85. The molecule has 0 saturated carbocycles. The number of aryl methyl sites for hydroxylation is 1. The molecule has 1 amide bonds. The number of ether oxygens (including phenoxy) is 1. The minimum atomic E-state index is -3.87. The zero-order valence-corrected chi connectivity index (χ0v) is 19.7. The first-order chi connectivity index (χ1) is 15.2. The Morgan fingerprint density at radius 1 is 1.34 bits per heavy atom. The average Bonchev–Trinajstić information content (AvgIpc) is 3.15. The number of rotatable bonds is 8. The van der Waals surface area contributed by atoms with Crippen molar-refractivity contribution in [1.29, 1.82) is 0 Å². The number of carbonyl (C=O) groups excluding carboxylic acids is 1. The van der Waals surface area contributed by atoms with Crippen LogP contribution >= 0.6 is 0 Å². The molecule has 1 fully saturated rings. The van der Waals surface area contributed by atoms with E-state index in [9.17, 15) is 13.2 Å². The molecular formula is C22H30N4O5S. The number of sulfonamides is 1. The molecule has 10 heteroatoms. The van der Waals surface area contributed by atoms with Gasteiger partial charge in [0.15, 0.2) is 10.7 Å². The van der Waals surface area contributed by atoms with Crippen LogP contribution in [-0.2, 0) is 14.8 Å². The van der Waals surface area contributed by atoms with Gasteiger partial charge in [-0.3, -0.25) is 4.79 Å². The van der Waals surface area contributed by atoms with Gasteiger partial charge in [0, 0.05) is 45.1 Å². The van der Waals surface area contributed by atoms with E-state index in [1.807, 2.05) is 21.0 Å². The molecular weight excluding hydrogens is 432 g/mol. The molecule has 0 unspecified atom stereocenters. The maximum Gasteiger partial charge on any atom is 0.248 e. The van der Waals surface area contributed by atoms with Crippen LogP contribution in [0.25, 0.3) is 6.08 Å². The fourth-order valence-electron chi connectivity index (χ4n) is 3.56. The molecule has 2 heterocycles. The number of piperidine rings is 1. The predicted molar refractivity (Wildman–Crippen MR) is 122 cm³/mol. The van der Waals surface area contributed by atoms with Gasteiger partial charge in [0.1, 0.15) is 11.4 Å². The highest BCUT2D eigenvalue weighted by Crippen LogP contribution is 2.29. The Bertz CT molecular complexity index is 1060. The Labute approximate surface area is 189 Å². The molecule has 1 aromatic carbocycles. The van der Waals surface area contributed by atoms with Crippen LogP contribution in [0.15, 0.2) is 39.9 Å². The molecule has 1 saturated heterocycles. The summed E-state index contributed by atoms with van der Waals surface area (Å²) in [7, 11) is -0.217. The largest absolute Gasteiger partial charge is 0.494 e. The van der Waals surface area contributed by atoms with Crippen LogP contribution in [0.1, 0.15) is 31.2 Å². The quantitative estimate of drug-likeness (QED) is 0.643. The number of aromatic nitrogens is 1. The second kappa shape index (κ2) is 10.2. The highest BCUT2D eigenvalue weighted by Gasteiger charge is 2.37. The monoisotopic (exact) mass is 462 g/mol. The fraction of sp³-hybridized carbons (Fsp3) is 0.455. The maximum atomic E-state index is 13.4. The van der Waals surface area contributed by atoms with Crippen LogP contribution in [-0.4, -0.2) is 62.5 Å². The van der Waals surface area contributed by atoms with Crippen LogP contribution in [0.3, 0.4) is 0 Å². The van der Waals surface area contributed by atoms with Gasteiger partial charge in [0.25, 0.3) is 0 Å². The summed E-state index contributed by atoms with van der Waals surface area (Å²) in [6.07, 6.45) is 4.48. The van der Waals surface area contributed by atoms with Gasteiger partial charge in [-0.25, -0.2) is 8.42 Å². The van der Waals surface area contributed by atoms with E-state index in [2.05, 4.69) is 10.5 Å². The first-order valence-electron chi connectivity index (χ1n) is 10.6. The predicted octanol–water partition coefficient (Wildman–Crippen LogP) is 2.95. The van der Waals surface area contributed by atoms with Gasteiger partial charge in [-0.1, -0.05) is 5.16 Å². The number of benzene rings is 1. The van der Waals surface area contributed by atoms with Crippen LogP contribution < -0.4 is 10.1 Å². The summed E-state index contributed by atoms with van der Waals surface area (Å²) in [5, 5.41) is 6.73. The van der Waals surface area contributed by atoms with Crippen molar-refractivity contribution in [2.45, 2.75) is 31.6 Å². The van der Waals surface area contributed by atoms with Crippen molar-refractivity contribution in [3.63, 3.8) is 0 Å². The lowest BCUT2D eigenvalue weighted by atomic mass is 9.99. The van der Waals surface area contributed by atoms with E-state index in [0.29, 0.717) is 37.4 Å². The number of hydrogen-bond donors (Lipinski definition) is 1. The van der Waals surface area contributed by atoms with Gasteiger partial charge in [-0.2, -0.15) is 4.31 Å². The van der Waals surface area contributed by atoms with Crippen molar-refractivity contribution in [3.05, 3.63) is 41.9 Å². The summed E-state index contributed by atoms with van der Waals surface area (Å²) < 4.78 is 38.8. The third kappa shape index (κ3) is 5.49. The topological polar surface area (TPSA) is 105 Å². The van der Waals surface area contributed by atoms with E-state index < -0.39 is 15.9 Å². The first kappa shape index (κ1) is 23.8. The van der Waals surface area contributed by atoms with E-state index in [4.69, 9.17) is 9.26 Å². The molecule has 1 aliphatic heterocycles. The van der Waals surface area contributed by atoms with Crippen molar-refractivity contribution in [2.24, 2.45) is 5.92 Å².